The molecule has 0 heterocycles. The number of benzene rings is 10. The molecule has 4 aliphatic rings. The van der Waals surface area contributed by atoms with Gasteiger partial charge in [-0.1, -0.05) is 225 Å². The number of fused-ring (bicyclic) bond motifs is 12. The Bertz CT molecular complexity index is 3730. The van der Waals surface area contributed by atoms with Crippen molar-refractivity contribution in [1.82, 2.24) is 0 Å². The van der Waals surface area contributed by atoms with Crippen molar-refractivity contribution in [3.8, 4) is 89.0 Å². The van der Waals surface area contributed by atoms with Crippen molar-refractivity contribution < 1.29 is 0 Å². The first kappa shape index (κ1) is 43.9. The molecule has 4 aliphatic carbocycles. The first-order chi connectivity index (χ1) is 35.2. The third-order valence-electron chi connectivity index (χ3n) is 18.1. The topological polar surface area (TPSA) is 0 Å². The molecule has 10 aromatic carbocycles. The van der Waals surface area contributed by atoms with Crippen LogP contribution in [0.1, 0.15) is 111 Å². The standard InChI is InChI=1S/C73H60/c1-70(2)62-21-11-9-19-54(62)56-29-25-50(40-64(56)70)52-27-33-60-58-31-23-48(38-66(58)72(5,6)68(60)42-52)46-17-13-15-44(36-46)35-45-16-14-18-47(37-45)49-24-32-59-61-34-28-53(43-69(61)73(7,8)67(59)39-49)51-26-30-57-55-20-10-12-22-63(55)71(3,4)65(57)41-51/h9-34,36-43H,35H2,1-8H3. The molecule has 0 aromatic heterocycles. The van der Waals surface area contributed by atoms with Crippen molar-refractivity contribution in [1.29, 1.82) is 0 Å². The minimum Gasteiger partial charge on any atom is -0.0619 e. The van der Waals surface area contributed by atoms with Gasteiger partial charge in [0.15, 0.2) is 0 Å². The Morgan fingerprint density at radius 1 is 0.205 bits per heavy atom. The quantitative estimate of drug-likeness (QED) is 0.156. The summed E-state index contributed by atoms with van der Waals surface area (Å²) in [5.74, 6) is 0. The van der Waals surface area contributed by atoms with Gasteiger partial charge in [0.2, 0.25) is 0 Å². The second-order valence-corrected chi connectivity index (χ2v) is 23.7. The summed E-state index contributed by atoms with van der Waals surface area (Å²) >= 11 is 0. The normalized spacial score (nSPS) is 15.9. The third kappa shape index (κ3) is 6.45. The Kier molecular flexibility index (Phi) is 9.25. The van der Waals surface area contributed by atoms with Gasteiger partial charge in [-0.3, -0.25) is 0 Å². The van der Waals surface area contributed by atoms with Crippen LogP contribution in [-0.2, 0) is 28.1 Å². The lowest BCUT2D eigenvalue weighted by molar-refractivity contribution is 0.659. The lowest BCUT2D eigenvalue weighted by Gasteiger charge is -2.23. The van der Waals surface area contributed by atoms with Crippen LogP contribution in [-0.4, -0.2) is 0 Å². The van der Waals surface area contributed by atoms with E-state index in [1.54, 1.807) is 0 Å². The highest BCUT2D eigenvalue weighted by Gasteiger charge is 2.40. The Balaban J connectivity index is 0.709. The number of rotatable bonds is 6. The van der Waals surface area contributed by atoms with Crippen LogP contribution in [0.15, 0.2) is 206 Å². The molecule has 0 spiro atoms. The van der Waals surface area contributed by atoms with Crippen LogP contribution in [0.2, 0.25) is 0 Å². The minimum absolute atomic E-state index is 0.0236. The van der Waals surface area contributed by atoms with Crippen molar-refractivity contribution in [2.45, 2.75) is 83.5 Å². The summed E-state index contributed by atoms with van der Waals surface area (Å²) in [6, 6.07) is 79.2. The Labute approximate surface area is 432 Å². The summed E-state index contributed by atoms with van der Waals surface area (Å²) in [4.78, 5) is 0. The van der Waals surface area contributed by atoms with Crippen LogP contribution < -0.4 is 0 Å². The number of hydrogen-bond acceptors (Lipinski definition) is 0. The van der Waals surface area contributed by atoms with Gasteiger partial charge >= 0.3 is 0 Å². The van der Waals surface area contributed by atoms with E-state index in [-0.39, 0.29) is 21.7 Å². The van der Waals surface area contributed by atoms with E-state index in [4.69, 9.17) is 0 Å². The lowest BCUT2D eigenvalue weighted by atomic mass is 9.80. The van der Waals surface area contributed by atoms with Crippen molar-refractivity contribution in [3.63, 3.8) is 0 Å². The van der Waals surface area contributed by atoms with Crippen LogP contribution in [0.25, 0.3) is 89.0 Å². The molecule has 0 N–H and O–H groups in total. The molecule has 0 aliphatic heterocycles. The van der Waals surface area contributed by atoms with Crippen molar-refractivity contribution in [2.24, 2.45) is 0 Å². The fourth-order valence-electron chi connectivity index (χ4n) is 13.9. The first-order valence-electron chi connectivity index (χ1n) is 26.4. The van der Waals surface area contributed by atoms with Gasteiger partial charge in [0.25, 0.3) is 0 Å². The van der Waals surface area contributed by atoms with Crippen LogP contribution in [0.5, 0.6) is 0 Å². The molecular formula is C73H60. The third-order valence-corrected chi connectivity index (χ3v) is 18.1. The molecule has 0 unspecified atom stereocenters. The van der Waals surface area contributed by atoms with E-state index < -0.39 is 0 Å². The Morgan fingerprint density at radius 3 is 0.726 bits per heavy atom. The van der Waals surface area contributed by atoms with Gasteiger partial charge in [-0.25, -0.2) is 0 Å². The highest BCUT2D eigenvalue weighted by atomic mass is 14.4. The van der Waals surface area contributed by atoms with Crippen LogP contribution in [0.4, 0.5) is 0 Å². The summed E-state index contributed by atoms with van der Waals surface area (Å²) in [7, 11) is 0. The van der Waals surface area contributed by atoms with Gasteiger partial charge in [0.1, 0.15) is 0 Å². The van der Waals surface area contributed by atoms with Gasteiger partial charge < -0.3 is 0 Å². The molecule has 0 atom stereocenters. The average molecular weight is 937 g/mol. The van der Waals surface area contributed by atoms with E-state index in [0.717, 1.165) is 6.42 Å². The molecular weight excluding hydrogens is 877 g/mol. The van der Waals surface area contributed by atoms with Gasteiger partial charge in [-0.2, -0.15) is 0 Å². The van der Waals surface area contributed by atoms with E-state index in [9.17, 15) is 0 Å². The summed E-state index contributed by atoms with van der Waals surface area (Å²) < 4.78 is 0. The molecule has 73 heavy (non-hydrogen) atoms. The van der Waals surface area contributed by atoms with Crippen LogP contribution in [0.3, 0.4) is 0 Å². The molecule has 14 rings (SSSR count). The zero-order valence-corrected chi connectivity index (χ0v) is 43.3. The molecule has 352 valence electrons. The van der Waals surface area contributed by atoms with Gasteiger partial charge in [0, 0.05) is 21.7 Å². The highest BCUT2D eigenvalue weighted by Crippen LogP contribution is 2.55. The second kappa shape index (κ2) is 15.4. The van der Waals surface area contributed by atoms with Crippen molar-refractivity contribution >= 4 is 0 Å². The maximum atomic E-state index is 2.47. The van der Waals surface area contributed by atoms with Gasteiger partial charge in [-0.05, 0) is 187 Å². The second-order valence-electron chi connectivity index (χ2n) is 23.7. The molecule has 0 saturated carbocycles. The minimum atomic E-state index is -0.131. The zero-order chi connectivity index (χ0) is 49.8. The van der Waals surface area contributed by atoms with E-state index in [1.165, 1.54) is 145 Å². The molecule has 0 radical (unpaired) electrons. The fourth-order valence-corrected chi connectivity index (χ4v) is 13.9. The lowest BCUT2D eigenvalue weighted by Crippen LogP contribution is -2.15. The highest BCUT2D eigenvalue weighted by molar-refractivity contribution is 5.90. The average Bonchev–Trinajstić information content (AvgIpc) is 3.97. The predicted molar refractivity (Wildman–Crippen MR) is 308 cm³/mol. The smallest absolute Gasteiger partial charge is 0.0159 e. The Hall–Kier alpha value is -7.80. The van der Waals surface area contributed by atoms with Gasteiger partial charge in [0.05, 0.1) is 0 Å². The summed E-state index contributed by atoms with van der Waals surface area (Å²) in [5.41, 5.74) is 34.7. The summed E-state index contributed by atoms with van der Waals surface area (Å²) in [5, 5.41) is 0. The van der Waals surface area contributed by atoms with E-state index in [1.807, 2.05) is 0 Å². The van der Waals surface area contributed by atoms with E-state index >= 15 is 0 Å². The molecule has 0 heteroatoms. The molecule has 10 aromatic rings. The largest absolute Gasteiger partial charge is 0.0619 e. The molecule has 0 fully saturated rings. The molecule has 0 nitrogen and oxygen atoms in total. The van der Waals surface area contributed by atoms with Crippen molar-refractivity contribution in [2.75, 3.05) is 0 Å². The molecule has 0 amide bonds. The van der Waals surface area contributed by atoms with Crippen molar-refractivity contribution in [3.05, 3.63) is 262 Å². The Morgan fingerprint density at radius 2 is 0.438 bits per heavy atom. The monoisotopic (exact) mass is 936 g/mol. The molecule has 0 saturated heterocycles. The summed E-state index contributed by atoms with van der Waals surface area (Å²) in [6.07, 6.45) is 0.870. The van der Waals surface area contributed by atoms with Gasteiger partial charge in [-0.15, -0.1) is 0 Å². The first-order valence-corrected chi connectivity index (χ1v) is 26.4. The fraction of sp³-hybridized carbons (Fsp3) is 0.178. The maximum absolute atomic E-state index is 2.47. The van der Waals surface area contributed by atoms with E-state index in [2.05, 4.69) is 262 Å². The SMILES string of the molecule is CC1(C)c2ccccc2-c2ccc(-c3ccc4c(c3)C(C)(C)c3cc(-c5cccc(Cc6cccc(-c7ccc8c(c7)C(C)(C)c7cc(-c9ccc%10c(c9)C(C)(C)c9ccccc9-%10)ccc7-8)c6)c5)ccc3-4)cc21. The molecule has 0 bridgehead atoms. The van der Waals surface area contributed by atoms with E-state index in [0.29, 0.717) is 0 Å². The maximum Gasteiger partial charge on any atom is 0.0159 e. The van der Waals surface area contributed by atoms with Crippen LogP contribution >= 0.6 is 0 Å². The van der Waals surface area contributed by atoms with Crippen LogP contribution in [0, 0.1) is 0 Å². The summed E-state index contributed by atoms with van der Waals surface area (Å²) in [6.45, 7) is 19.1. The zero-order valence-electron chi connectivity index (χ0n) is 43.3. The number of hydrogen-bond donors (Lipinski definition) is 0. The predicted octanol–water partition coefficient (Wildman–Crippen LogP) is 19.2.